The number of piperidine rings is 1. The van der Waals surface area contributed by atoms with Gasteiger partial charge in [-0.1, -0.05) is 15.9 Å². The fraction of sp³-hybridized carbons (Fsp3) is 0.500. The number of aromatic nitrogens is 1. The maximum atomic E-state index is 12.0. The van der Waals surface area contributed by atoms with Crippen molar-refractivity contribution in [1.82, 2.24) is 9.88 Å². The standard InChI is InChI=1S/C10H12BrN3O3/c11-7-2-1-5-13(6-7)10(15)8-3-4-9(12-8)14(16)17/h3-4,7,12H,1-2,5-6H2. The second-order valence-corrected chi connectivity index (χ2v) is 5.30. The topological polar surface area (TPSA) is 79.2 Å². The molecule has 0 aromatic carbocycles. The SMILES string of the molecule is O=C(c1ccc([N+](=O)[O-])[nH]1)N1CCCC(Br)C1. The van der Waals surface area contributed by atoms with Crippen molar-refractivity contribution >= 4 is 27.7 Å². The number of rotatable bonds is 2. The highest BCUT2D eigenvalue weighted by Gasteiger charge is 2.26. The summed E-state index contributed by atoms with van der Waals surface area (Å²) in [6.45, 7) is 1.35. The lowest BCUT2D eigenvalue weighted by atomic mass is 10.1. The summed E-state index contributed by atoms with van der Waals surface area (Å²) in [6.07, 6.45) is 2.00. The molecule has 0 bridgehead atoms. The fourth-order valence-corrected chi connectivity index (χ4v) is 2.57. The van der Waals surface area contributed by atoms with Crippen molar-refractivity contribution in [3.63, 3.8) is 0 Å². The number of carbonyl (C=O) groups is 1. The number of nitro groups is 1. The zero-order valence-corrected chi connectivity index (χ0v) is 10.6. The molecule has 1 unspecified atom stereocenters. The van der Waals surface area contributed by atoms with Gasteiger partial charge < -0.3 is 15.0 Å². The summed E-state index contributed by atoms with van der Waals surface area (Å²) in [5.41, 5.74) is 0.276. The van der Waals surface area contributed by atoms with E-state index in [-0.39, 0.29) is 17.4 Å². The van der Waals surface area contributed by atoms with Crippen LogP contribution < -0.4 is 0 Å². The molecule has 1 aliphatic rings. The van der Waals surface area contributed by atoms with Crippen molar-refractivity contribution in [2.75, 3.05) is 13.1 Å². The maximum Gasteiger partial charge on any atom is 0.321 e. The number of likely N-dealkylation sites (tertiary alicyclic amines) is 1. The lowest BCUT2D eigenvalue weighted by molar-refractivity contribution is -0.389. The molecule has 92 valence electrons. The van der Waals surface area contributed by atoms with E-state index in [2.05, 4.69) is 20.9 Å². The summed E-state index contributed by atoms with van der Waals surface area (Å²) in [5, 5.41) is 10.5. The molecule has 1 aliphatic heterocycles. The lowest BCUT2D eigenvalue weighted by Crippen LogP contribution is -2.40. The monoisotopic (exact) mass is 301 g/mol. The third-order valence-electron chi connectivity index (χ3n) is 2.75. The van der Waals surface area contributed by atoms with E-state index in [9.17, 15) is 14.9 Å². The van der Waals surface area contributed by atoms with Gasteiger partial charge in [0, 0.05) is 24.0 Å². The van der Waals surface area contributed by atoms with Gasteiger partial charge in [0.25, 0.3) is 5.91 Å². The first-order valence-corrected chi connectivity index (χ1v) is 6.26. The van der Waals surface area contributed by atoms with Gasteiger partial charge in [-0.3, -0.25) is 4.79 Å². The summed E-state index contributed by atoms with van der Waals surface area (Å²) in [5.74, 6) is -0.331. The number of carbonyl (C=O) groups excluding carboxylic acids is 1. The van der Waals surface area contributed by atoms with Gasteiger partial charge in [-0.05, 0) is 23.8 Å². The van der Waals surface area contributed by atoms with Gasteiger partial charge in [0.05, 0.1) is 0 Å². The number of amides is 1. The Hall–Kier alpha value is -1.37. The van der Waals surface area contributed by atoms with Gasteiger partial charge in [-0.25, -0.2) is 4.98 Å². The minimum atomic E-state index is -0.541. The summed E-state index contributed by atoms with van der Waals surface area (Å²) >= 11 is 3.49. The molecule has 0 aliphatic carbocycles. The molecule has 1 amide bonds. The number of nitrogens with zero attached hydrogens (tertiary/aromatic N) is 2. The Morgan fingerprint density at radius 2 is 2.35 bits per heavy atom. The second-order valence-electron chi connectivity index (χ2n) is 4.01. The zero-order chi connectivity index (χ0) is 12.4. The smallest absolute Gasteiger partial charge is 0.321 e. The Morgan fingerprint density at radius 1 is 1.59 bits per heavy atom. The average Bonchev–Trinajstić information content (AvgIpc) is 2.77. The van der Waals surface area contributed by atoms with Gasteiger partial charge in [0.1, 0.15) is 0 Å². The number of aromatic amines is 1. The number of H-pyrrole nitrogens is 1. The van der Waals surface area contributed by atoms with Crippen molar-refractivity contribution in [2.45, 2.75) is 17.7 Å². The number of alkyl halides is 1. The van der Waals surface area contributed by atoms with E-state index in [1.54, 1.807) is 4.90 Å². The van der Waals surface area contributed by atoms with E-state index >= 15 is 0 Å². The summed E-state index contributed by atoms with van der Waals surface area (Å²) in [6, 6.07) is 2.76. The van der Waals surface area contributed by atoms with Gasteiger partial charge in [-0.15, -0.1) is 0 Å². The third kappa shape index (κ3) is 2.66. The van der Waals surface area contributed by atoms with E-state index in [0.29, 0.717) is 17.9 Å². The third-order valence-corrected chi connectivity index (χ3v) is 3.50. The quantitative estimate of drug-likeness (QED) is 0.515. The molecular formula is C10H12BrN3O3. The van der Waals surface area contributed by atoms with Crippen LogP contribution in [0.3, 0.4) is 0 Å². The molecule has 0 spiro atoms. The predicted molar refractivity (Wildman–Crippen MR) is 65.3 cm³/mol. The molecule has 1 N–H and O–H groups in total. The number of hydrogen-bond acceptors (Lipinski definition) is 3. The van der Waals surface area contributed by atoms with Crippen LogP contribution in [-0.2, 0) is 0 Å². The largest absolute Gasteiger partial charge is 0.358 e. The van der Waals surface area contributed by atoms with Crippen molar-refractivity contribution in [1.29, 1.82) is 0 Å². The van der Waals surface area contributed by atoms with Crippen molar-refractivity contribution in [2.24, 2.45) is 0 Å². The minimum absolute atomic E-state index is 0.152. The van der Waals surface area contributed by atoms with Gasteiger partial charge in [0.15, 0.2) is 5.69 Å². The van der Waals surface area contributed by atoms with Crippen LogP contribution in [0, 0.1) is 10.1 Å². The van der Waals surface area contributed by atoms with Crippen LogP contribution in [0.25, 0.3) is 0 Å². The molecule has 6 nitrogen and oxygen atoms in total. The molecule has 1 aromatic rings. The maximum absolute atomic E-state index is 12.0. The van der Waals surface area contributed by atoms with E-state index in [1.807, 2.05) is 0 Å². The molecular weight excluding hydrogens is 290 g/mol. The summed E-state index contributed by atoms with van der Waals surface area (Å²) < 4.78 is 0. The van der Waals surface area contributed by atoms with Crippen LogP contribution in [0.2, 0.25) is 0 Å². The second kappa shape index (κ2) is 4.87. The summed E-state index contributed by atoms with van der Waals surface area (Å²) in [7, 11) is 0. The van der Waals surface area contributed by atoms with E-state index in [1.165, 1.54) is 12.1 Å². The predicted octanol–water partition coefficient (Wildman–Crippen LogP) is 1.92. The summed E-state index contributed by atoms with van der Waals surface area (Å²) in [4.78, 5) is 26.5. The van der Waals surface area contributed by atoms with Crippen LogP contribution in [0.15, 0.2) is 12.1 Å². The molecule has 1 aromatic heterocycles. The molecule has 17 heavy (non-hydrogen) atoms. The first kappa shape index (κ1) is 12.1. The van der Waals surface area contributed by atoms with Gasteiger partial charge in [-0.2, -0.15) is 0 Å². The average molecular weight is 302 g/mol. The molecule has 1 fully saturated rings. The number of halogens is 1. The van der Waals surface area contributed by atoms with Crippen LogP contribution in [-0.4, -0.2) is 38.6 Å². The Balaban J connectivity index is 2.10. The fourth-order valence-electron chi connectivity index (χ4n) is 1.89. The van der Waals surface area contributed by atoms with E-state index < -0.39 is 4.92 Å². The van der Waals surface area contributed by atoms with E-state index in [4.69, 9.17) is 0 Å². The molecule has 7 heteroatoms. The normalized spacial score (nSPS) is 20.3. The van der Waals surface area contributed by atoms with Crippen LogP contribution in [0.4, 0.5) is 5.82 Å². The Morgan fingerprint density at radius 3 is 2.94 bits per heavy atom. The minimum Gasteiger partial charge on any atom is -0.358 e. The molecule has 2 heterocycles. The number of nitrogens with one attached hydrogen (secondary N) is 1. The van der Waals surface area contributed by atoms with Crippen molar-refractivity contribution < 1.29 is 9.72 Å². The Bertz CT molecular complexity index is 446. The van der Waals surface area contributed by atoms with Gasteiger partial charge >= 0.3 is 5.82 Å². The highest BCUT2D eigenvalue weighted by Crippen LogP contribution is 2.19. The first-order chi connectivity index (χ1) is 8.08. The first-order valence-electron chi connectivity index (χ1n) is 5.34. The van der Waals surface area contributed by atoms with Crippen LogP contribution in [0.5, 0.6) is 0 Å². The van der Waals surface area contributed by atoms with Crippen molar-refractivity contribution in [3.8, 4) is 0 Å². The lowest BCUT2D eigenvalue weighted by Gasteiger charge is -2.29. The molecule has 1 atom stereocenters. The highest BCUT2D eigenvalue weighted by molar-refractivity contribution is 9.09. The molecule has 2 rings (SSSR count). The van der Waals surface area contributed by atoms with Crippen LogP contribution >= 0.6 is 15.9 Å². The van der Waals surface area contributed by atoms with Gasteiger partial charge in [0.2, 0.25) is 0 Å². The molecule has 1 saturated heterocycles. The van der Waals surface area contributed by atoms with Crippen molar-refractivity contribution in [3.05, 3.63) is 27.9 Å². The van der Waals surface area contributed by atoms with E-state index in [0.717, 1.165) is 12.8 Å². The Kier molecular flexibility index (Phi) is 3.46. The zero-order valence-electron chi connectivity index (χ0n) is 9.06. The molecule has 0 radical (unpaired) electrons. The Labute approximate surface area is 106 Å². The molecule has 0 saturated carbocycles. The number of hydrogen-bond donors (Lipinski definition) is 1. The van der Waals surface area contributed by atoms with Crippen LogP contribution in [0.1, 0.15) is 23.3 Å². The highest BCUT2D eigenvalue weighted by atomic mass is 79.9.